The van der Waals surface area contributed by atoms with Crippen LogP contribution in [0.5, 0.6) is 11.5 Å². The van der Waals surface area contributed by atoms with Gasteiger partial charge in [-0.05, 0) is 50.2 Å². The van der Waals surface area contributed by atoms with Crippen LogP contribution in [0.25, 0.3) is 0 Å². The number of nitrogens with one attached hydrogen (secondary N) is 1. The smallest absolute Gasteiger partial charge is 0.145 e. The minimum atomic E-state index is 0.687. The van der Waals surface area contributed by atoms with Gasteiger partial charge in [-0.3, -0.25) is 4.98 Å². The highest BCUT2D eigenvalue weighted by Gasteiger charge is 2.03. The van der Waals surface area contributed by atoms with E-state index in [4.69, 9.17) is 4.74 Å². The van der Waals surface area contributed by atoms with E-state index in [-0.39, 0.29) is 0 Å². The van der Waals surface area contributed by atoms with Gasteiger partial charge in [0.2, 0.25) is 0 Å². The number of ether oxygens (including phenoxy) is 1. The minimum absolute atomic E-state index is 0.687. The van der Waals surface area contributed by atoms with E-state index in [0.717, 1.165) is 34.4 Å². The first-order chi connectivity index (χ1) is 11.1. The van der Waals surface area contributed by atoms with Crippen molar-refractivity contribution in [2.75, 3.05) is 5.32 Å². The van der Waals surface area contributed by atoms with Crippen molar-refractivity contribution >= 4 is 5.69 Å². The van der Waals surface area contributed by atoms with Crippen LogP contribution in [0, 0.1) is 13.8 Å². The van der Waals surface area contributed by atoms with Crippen molar-refractivity contribution in [3.8, 4) is 11.5 Å². The van der Waals surface area contributed by atoms with Gasteiger partial charge in [-0.2, -0.15) is 0 Å². The van der Waals surface area contributed by atoms with Gasteiger partial charge in [0.05, 0.1) is 18.4 Å². The molecule has 0 radical (unpaired) electrons. The number of rotatable bonds is 5. The highest BCUT2D eigenvalue weighted by atomic mass is 16.5. The Balaban J connectivity index is 1.60. The Bertz CT molecular complexity index is 776. The second-order valence-electron chi connectivity index (χ2n) is 5.52. The standard InChI is InChI=1S/C18H20N4O/c1-13-4-7-17(10-19-13)23-16-8-5-15(6-9-16)20-11-18-21-14(2)12-22(18)3/h4-10,12,20H,11H2,1-3H3. The van der Waals surface area contributed by atoms with Gasteiger partial charge in [-0.25, -0.2) is 4.98 Å². The molecule has 0 bridgehead atoms. The van der Waals surface area contributed by atoms with Crippen molar-refractivity contribution in [3.05, 3.63) is 66.0 Å². The second-order valence-corrected chi connectivity index (χ2v) is 5.52. The number of aryl methyl sites for hydroxylation is 3. The molecule has 2 heterocycles. The maximum Gasteiger partial charge on any atom is 0.145 e. The number of aromatic nitrogens is 3. The lowest BCUT2D eigenvalue weighted by atomic mass is 10.3. The fraction of sp³-hybridized carbons (Fsp3) is 0.222. The maximum absolute atomic E-state index is 5.77. The molecule has 23 heavy (non-hydrogen) atoms. The summed E-state index contributed by atoms with van der Waals surface area (Å²) >= 11 is 0. The zero-order chi connectivity index (χ0) is 16.2. The Morgan fingerprint density at radius 3 is 2.35 bits per heavy atom. The van der Waals surface area contributed by atoms with E-state index in [9.17, 15) is 0 Å². The predicted octanol–water partition coefficient (Wildman–Crippen LogP) is 3.84. The Labute approximate surface area is 136 Å². The molecular formula is C18H20N4O. The second kappa shape index (κ2) is 6.52. The SMILES string of the molecule is Cc1ccc(Oc2ccc(NCc3nc(C)cn3C)cc2)cn1. The van der Waals surface area contributed by atoms with Gasteiger partial charge in [0.1, 0.15) is 17.3 Å². The Kier molecular flexibility index (Phi) is 4.28. The molecule has 0 fully saturated rings. The van der Waals surface area contributed by atoms with Crippen LogP contribution in [0.1, 0.15) is 17.2 Å². The largest absolute Gasteiger partial charge is 0.456 e. The van der Waals surface area contributed by atoms with Crippen LogP contribution in [0.3, 0.4) is 0 Å². The average Bonchev–Trinajstić information content (AvgIpc) is 2.87. The van der Waals surface area contributed by atoms with E-state index >= 15 is 0 Å². The molecule has 3 aromatic rings. The average molecular weight is 308 g/mol. The summed E-state index contributed by atoms with van der Waals surface area (Å²) in [5.41, 5.74) is 3.03. The summed E-state index contributed by atoms with van der Waals surface area (Å²) < 4.78 is 7.80. The highest BCUT2D eigenvalue weighted by molar-refractivity contribution is 5.47. The van der Waals surface area contributed by atoms with Gasteiger partial charge in [-0.15, -0.1) is 0 Å². The van der Waals surface area contributed by atoms with Crippen LogP contribution in [-0.4, -0.2) is 14.5 Å². The quantitative estimate of drug-likeness (QED) is 0.778. The molecule has 1 aromatic carbocycles. The molecule has 0 aliphatic carbocycles. The molecule has 0 aliphatic heterocycles. The third-order valence-electron chi connectivity index (χ3n) is 3.52. The van der Waals surface area contributed by atoms with Crippen molar-refractivity contribution in [2.45, 2.75) is 20.4 Å². The van der Waals surface area contributed by atoms with E-state index < -0.39 is 0 Å². The number of benzene rings is 1. The molecule has 0 saturated carbocycles. The first kappa shape index (κ1) is 15.1. The zero-order valence-corrected chi connectivity index (χ0v) is 13.6. The molecule has 118 valence electrons. The van der Waals surface area contributed by atoms with E-state index in [1.54, 1.807) is 6.20 Å². The van der Waals surface area contributed by atoms with Crippen molar-refractivity contribution in [1.29, 1.82) is 0 Å². The Morgan fingerprint density at radius 1 is 1.00 bits per heavy atom. The monoisotopic (exact) mass is 308 g/mol. The molecular weight excluding hydrogens is 288 g/mol. The van der Waals surface area contributed by atoms with Crippen molar-refractivity contribution in [1.82, 2.24) is 14.5 Å². The summed E-state index contributed by atoms with van der Waals surface area (Å²) in [5, 5.41) is 3.36. The first-order valence-electron chi connectivity index (χ1n) is 7.53. The molecule has 1 N–H and O–H groups in total. The Hall–Kier alpha value is -2.82. The summed E-state index contributed by atoms with van der Waals surface area (Å²) in [4.78, 5) is 8.69. The molecule has 0 aliphatic rings. The van der Waals surface area contributed by atoms with Crippen LogP contribution in [0.15, 0.2) is 48.8 Å². The van der Waals surface area contributed by atoms with E-state index in [1.807, 2.05) is 68.1 Å². The van der Waals surface area contributed by atoms with Crippen molar-refractivity contribution < 1.29 is 4.74 Å². The molecule has 5 heteroatoms. The third kappa shape index (κ3) is 3.88. The van der Waals surface area contributed by atoms with Gasteiger partial charge in [-0.1, -0.05) is 0 Å². The lowest BCUT2D eigenvalue weighted by Gasteiger charge is -2.09. The van der Waals surface area contributed by atoms with Gasteiger partial charge in [0, 0.05) is 24.6 Å². The van der Waals surface area contributed by atoms with Crippen LogP contribution >= 0.6 is 0 Å². The lowest BCUT2D eigenvalue weighted by molar-refractivity contribution is 0.480. The first-order valence-corrected chi connectivity index (χ1v) is 7.53. The van der Waals surface area contributed by atoms with Gasteiger partial charge in [0.25, 0.3) is 0 Å². The van der Waals surface area contributed by atoms with Gasteiger partial charge in [0.15, 0.2) is 0 Å². The molecule has 0 saturated heterocycles. The summed E-state index contributed by atoms with van der Waals surface area (Å²) in [6.45, 7) is 4.63. The maximum atomic E-state index is 5.77. The number of hydrogen-bond acceptors (Lipinski definition) is 4. The lowest BCUT2D eigenvalue weighted by Crippen LogP contribution is -2.05. The summed E-state index contributed by atoms with van der Waals surface area (Å²) in [6.07, 6.45) is 3.74. The van der Waals surface area contributed by atoms with Crippen molar-refractivity contribution in [3.63, 3.8) is 0 Å². The normalized spacial score (nSPS) is 10.6. The van der Waals surface area contributed by atoms with E-state index in [0.29, 0.717) is 6.54 Å². The molecule has 0 spiro atoms. The van der Waals surface area contributed by atoms with Gasteiger partial charge >= 0.3 is 0 Å². The molecule has 0 atom stereocenters. The number of hydrogen-bond donors (Lipinski definition) is 1. The number of anilines is 1. The van der Waals surface area contributed by atoms with Gasteiger partial charge < -0.3 is 14.6 Å². The number of imidazole rings is 1. The zero-order valence-electron chi connectivity index (χ0n) is 13.6. The molecule has 0 unspecified atom stereocenters. The summed E-state index contributed by atoms with van der Waals surface area (Å²) in [6, 6.07) is 11.7. The fourth-order valence-electron chi connectivity index (χ4n) is 2.30. The highest BCUT2D eigenvalue weighted by Crippen LogP contribution is 2.22. The van der Waals surface area contributed by atoms with Crippen LogP contribution in [0.4, 0.5) is 5.69 Å². The molecule has 5 nitrogen and oxygen atoms in total. The van der Waals surface area contributed by atoms with Crippen LogP contribution < -0.4 is 10.1 Å². The minimum Gasteiger partial charge on any atom is -0.456 e. The third-order valence-corrected chi connectivity index (χ3v) is 3.52. The summed E-state index contributed by atoms with van der Waals surface area (Å²) in [7, 11) is 2.00. The van der Waals surface area contributed by atoms with Crippen molar-refractivity contribution in [2.24, 2.45) is 7.05 Å². The number of nitrogens with zero attached hydrogens (tertiary/aromatic N) is 3. The predicted molar refractivity (Wildman–Crippen MR) is 90.8 cm³/mol. The molecule has 2 aromatic heterocycles. The molecule has 3 rings (SSSR count). The van der Waals surface area contributed by atoms with Crippen LogP contribution in [-0.2, 0) is 13.6 Å². The number of pyridine rings is 1. The van der Waals surface area contributed by atoms with E-state index in [1.165, 1.54) is 0 Å². The fourth-order valence-corrected chi connectivity index (χ4v) is 2.30. The Morgan fingerprint density at radius 2 is 1.74 bits per heavy atom. The van der Waals surface area contributed by atoms with Crippen LogP contribution in [0.2, 0.25) is 0 Å². The topological polar surface area (TPSA) is 52.0 Å². The summed E-state index contributed by atoms with van der Waals surface area (Å²) in [5.74, 6) is 2.53. The van der Waals surface area contributed by atoms with E-state index in [2.05, 4.69) is 15.3 Å². The molecule has 0 amide bonds.